The van der Waals surface area contributed by atoms with Gasteiger partial charge in [-0.25, -0.2) is 4.98 Å². The number of ether oxygens (including phenoxy) is 1. The lowest BCUT2D eigenvalue weighted by Crippen LogP contribution is -2.50. The molecule has 1 amide bonds. The van der Waals surface area contributed by atoms with Crippen molar-refractivity contribution in [1.29, 1.82) is 0 Å². The molecule has 0 aromatic carbocycles. The number of likely N-dealkylation sites (tertiary alicyclic amines) is 1. The van der Waals surface area contributed by atoms with E-state index in [1.807, 2.05) is 11.8 Å². The number of methoxy groups -OCH3 is 1. The molecular weight excluding hydrogens is 256 g/mol. The molecule has 20 heavy (non-hydrogen) atoms. The third-order valence-electron chi connectivity index (χ3n) is 4.07. The van der Waals surface area contributed by atoms with Crippen molar-refractivity contribution in [3.63, 3.8) is 0 Å². The first-order chi connectivity index (χ1) is 9.54. The van der Waals surface area contributed by atoms with Gasteiger partial charge in [-0.2, -0.15) is 0 Å². The van der Waals surface area contributed by atoms with Crippen LogP contribution in [0.4, 0.5) is 0 Å². The Kier molecular flexibility index (Phi) is 4.48. The zero-order chi connectivity index (χ0) is 14.8. The lowest BCUT2D eigenvalue weighted by Gasteiger charge is -2.37. The summed E-state index contributed by atoms with van der Waals surface area (Å²) in [4.78, 5) is 18.9. The Morgan fingerprint density at radius 3 is 2.80 bits per heavy atom. The fourth-order valence-corrected chi connectivity index (χ4v) is 3.32. The smallest absolute Gasteiger partial charge is 0.292 e. The average Bonchev–Trinajstić information content (AvgIpc) is 2.93. The summed E-state index contributed by atoms with van der Waals surface area (Å²) >= 11 is 0. The number of amides is 1. The van der Waals surface area contributed by atoms with E-state index in [0.717, 1.165) is 32.2 Å². The van der Waals surface area contributed by atoms with Crippen molar-refractivity contribution in [3.05, 3.63) is 17.3 Å². The Morgan fingerprint density at radius 1 is 1.50 bits per heavy atom. The van der Waals surface area contributed by atoms with Crippen molar-refractivity contribution in [2.45, 2.75) is 52.0 Å². The lowest BCUT2D eigenvalue weighted by molar-refractivity contribution is 0.0231. The maximum Gasteiger partial charge on any atom is 0.292 e. The summed E-state index contributed by atoms with van der Waals surface area (Å²) in [6.07, 6.45) is 3.99. The molecule has 2 heterocycles. The SMILES string of the molecule is CCCC1(COC)CCCN1C(=O)c1oc(C)nc1C. The van der Waals surface area contributed by atoms with E-state index in [1.54, 1.807) is 14.0 Å². The van der Waals surface area contributed by atoms with Crippen LogP contribution in [0, 0.1) is 13.8 Å². The van der Waals surface area contributed by atoms with Gasteiger partial charge in [0, 0.05) is 20.6 Å². The van der Waals surface area contributed by atoms with Gasteiger partial charge in [0.25, 0.3) is 5.91 Å². The fourth-order valence-electron chi connectivity index (χ4n) is 3.32. The Morgan fingerprint density at radius 2 is 2.25 bits per heavy atom. The summed E-state index contributed by atoms with van der Waals surface area (Å²) < 4.78 is 10.9. The monoisotopic (exact) mass is 280 g/mol. The highest BCUT2D eigenvalue weighted by Crippen LogP contribution is 2.35. The van der Waals surface area contributed by atoms with Gasteiger partial charge >= 0.3 is 0 Å². The van der Waals surface area contributed by atoms with Crippen LogP contribution < -0.4 is 0 Å². The number of carbonyl (C=O) groups is 1. The van der Waals surface area contributed by atoms with Crippen LogP contribution in [0.2, 0.25) is 0 Å². The van der Waals surface area contributed by atoms with Crippen molar-refractivity contribution >= 4 is 5.91 Å². The van der Waals surface area contributed by atoms with E-state index >= 15 is 0 Å². The van der Waals surface area contributed by atoms with Crippen LogP contribution in [0.15, 0.2) is 4.42 Å². The number of oxazole rings is 1. The molecule has 1 aromatic rings. The summed E-state index contributed by atoms with van der Waals surface area (Å²) in [5.74, 6) is 0.866. The molecule has 0 saturated carbocycles. The number of rotatable bonds is 5. The number of carbonyl (C=O) groups excluding carboxylic acids is 1. The third kappa shape index (κ3) is 2.59. The van der Waals surface area contributed by atoms with Gasteiger partial charge in [0.2, 0.25) is 5.76 Å². The third-order valence-corrected chi connectivity index (χ3v) is 4.07. The molecule has 1 aliphatic heterocycles. The molecule has 5 nitrogen and oxygen atoms in total. The van der Waals surface area contributed by atoms with E-state index in [9.17, 15) is 4.79 Å². The van der Waals surface area contributed by atoms with Crippen molar-refractivity contribution in [1.82, 2.24) is 9.88 Å². The van der Waals surface area contributed by atoms with Gasteiger partial charge in [-0.05, 0) is 26.2 Å². The summed E-state index contributed by atoms with van der Waals surface area (Å²) in [6, 6.07) is 0. The maximum atomic E-state index is 12.8. The van der Waals surface area contributed by atoms with E-state index in [-0.39, 0.29) is 11.4 Å². The Bertz CT molecular complexity index is 475. The Hall–Kier alpha value is -1.36. The summed E-state index contributed by atoms with van der Waals surface area (Å²) in [6.45, 7) is 7.07. The molecule has 1 aromatic heterocycles. The molecular formula is C15H24N2O3. The molecule has 1 aliphatic rings. The molecule has 1 saturated heterocycles. The molecule has 0 radical (unpaired) electrons. The van der Waals surface area contributed by atoms with Gasteiger partial charge in [0.1, 0.15) is 0 Å². The van der Waals surface area contributed by atoms with E-state index in [2.05, 4.69) is 11.9 Å². The van der Waals surface area contributed by atoms with Crippen LogP contribution in [0.3, 0.4) is 0 Å². The number of nitrogens with zero attached hydrogens (tertiary/aromatic N) is 2. The minimum absolute atomic E-state index is 0.0499. The predicted molar refractivity (Wildman–Crippen MR) is 75.8 cm³/mol. The van der Waals surface area contributed by atoms with Crippen molar-refractivity contribution in [3.8, 4) is 0 Å². The summed E-state index contributed by atoms with van der Waals surface area (Å²) in [5.41, 5.74) is 0.482. The van der Waals surface area contributed by atoms with Crippen LogP contribution in [0.1, 0.15) is 54.7 Å². The summed E-state index contributed by atoms with van der Waals surface area (Å²) in [7, 11) is 1.70. The van der Waals surface area contributed by atoms with Crippen LogP contribution in [-0.2, 0) is 4.74 Å². The van der Waals surface area contributed by atoms with Crippen molar-refractivity contribution in [2.75, 3.05) is 20.3 Å². The molecule has 0 bridgehead atoms. The van der Waals surface area contributed by atoms with E-state index in [1.165, 1.54) is 0 Å². The molecule has 0 spiro atoms. The standard InChI is InChI=1S/C15H24N2O3/c1-5-7-15(10-19-4)8-6-9-17(15)14(18)13-11(2)16-12(3)20-13/h5-10H2,1-4H3. The van der Waals surface area contributed by atoms with Crippen LogP contribution >= 0.6 is 0 Å². The van der Waals surface area contributed by atoms with Gasteiger partial charge in [-0.1, -0.05) is 13.3 Å². The lowest BCUT2D eigenvalue weighted by atomic mass is 9.91. The minimum atomic E-state index is -0.187. The second-order valence-electron chi connectivity index (χ2n) is 5.62. The van der Waals surface area contributed by atoms with Gasteiger partial charge < -0.3 is 14.1 Å². The highest BCUT2D eigenvalue weighted by atomic mass is 16.5. The van der Waals surface area contributed by atoms with Crippen LogP contribution in [0.25, 0.3) is 0 Å². The van der Waals surface area contributed by atoms with E-state index < -0.39 is 0 Å². The summed E-state index contributed by atoms with van der Waals surface area (Å²) in [5, 5.41) is 0. The largest absolute Gasteiger partial charge is 0.436 e. The Labute approximate surface area is 120 Å². The number of aromatic nitrogens is 1. The van der Waals surface area contributed by atoms with Crippen molar-refractivity contribution < 1.29 is 13.9 Å². The second kappa shape index (κ2) is 5.95. The Balaban J connectivity index is 2.29. The molecule has 112 valence electrons. The average molecular weight is 280 g/mol. The number of hydrogen-bond acceptors (Lipinski definition) is 4. The normalized spacial score (nSPS) is 22.5. The van der Waals surface area contributed by atoms with Crippen molar-refractivity contribution in [2.24, 2.45) is 0 Å². The zero-order valence-corrected chi connectivity index (χ0v) is 12.9. The molecule has 0 aliphatic carbocycles. The van der Waals surface area contributed by atoms with Gasteiger partial charge in [-0.15, -0.1) is 0 Å². The van der Waals surface area contributed by atoms with Crippen LogP contribution in [-0.4, -0.2) is 41.6 Å². The maximum absolute atomic E-state index is 12.8. The van der Waals surface area contributed by atoms with E-state index in [0.29, 0.717) is 24.0 Å². The fraction of sp³-hybridized carbons (Fsp3) is 0.733. The minimum Gasteiger partial charge on any atom is -0.436 e. The highest BCUT2D eigenvalue weighted by Gasteiger charge is 2.44. The molecule has 1 atom stereocenters. The first-order valence-corrected chi connectivity index (χ1v) is 7.29. The highest BCUT2D eigenvalue weighted by molar-refractivity contribution is 5.93. The predicted octanol–water partition coefficient (Wildman–Crippen LogP) is 2.71. The number of aryl methyl sites for hydroxylation is 2. The first-order valence-electron chi connectivity index (χ1n) is 7.29. The molecule has 1 fully saturated rings. The zero-order valence-electron chi connectivity index (χ0n) is 12.9. The molecule has 2 rings (SSSR count). The van der Waals surface area contributed by atoms with Crippen LogP contribution in [0.5, 0.6) is 0 Å². The first kappa shape index (κ1) is 15.0. The molecule has 0 N–H and O–H groups in total. The quantitative estimate of drug-likeness (QED) is 0.832. The molecule has 1 unspecified atom stereocenters. The van der Waals surface area contributed by atoms with Gasteiger partial charge in [0.15, 0.2) is 5.89 Å². The van der Waals surface area contributed by atoms with E-state index in [4.69, 9.17) is 9.15 Å². The molecule has 5 heteroatoms. The topological polar surface area (TPSA) is 55.6 Å². The second-order valence-corrected chi connectivity index (χ2v) is 5.62. The van der Waals surface area contributed by atoms with Gasteiger partial charge in [-0.3, -0.25) is 4.79 Å². The number of hydrogen-bond donors (Lipinski definition) is 0. The van der Waals surface area contributed by atoms with Gasteiger partial charge in [0.05, 0.1) is 17.8 Å².